The van der Waals surface area contributed by atoms with Crippen LogP contribution >= 0.6 is 11.6 Å². The largest absolute Gasteiger partial charge is 0.478 e. The molecule has 150 valence electrons. The Hall–Kier alpha value is -1.85. The van der Waals surface area contributed by atoms with E-state index >= 15 is 0 Å². The second-order valence-electron chi connectivity index (χ2n) is 7.64. The first-order valence-electron chi connectivity index (χ1n) is 9.15. The molecule has 0 bridgehead atoms. The lowest BCUT2D eigenvalue weighted by atomic mass is 9.58. The molecule has 2 N–H and O–H groups in total. The fraction of sp³-hybridized carbons (Fsp3) is 0.524. The highest BCUT2D eigenvalue weighted by Crippen LogP contribution is 2.49. The number of likely N-dealkylation sites (N-methyl/N-ethyl adjacent to an activating group) is 1. The topological polar surface area (TPSA) is 77.8 Å². The van der Waals surface area contributed by atoms with Crippen molar-refractivity contribution in [1.29, 1.82) is 0 Å². The Morgan fingerprint density at radius 1 is 1.11 bits per heavy atom. The second-order valence-corrected chi connectivity index (χ2v) is 8.07. The Balaban J connectivity index is 0.000000387. The summed E-state index contributed by atoms with van der Waals surface area (Å²) in [5, 5.41) is 16.5. The molecule has 27 heavy (non-hydrogen) atoms. The van der Waals surface area contributed by atoms with Crippen LogP contribution in [-0.4, -0.2) is 47.2 Å². The molecule has 1 aromatic carbocycles. The van der Waals surface area contributed by atoms with Gasteiger partial charge >= 0.3 is 11.9 Å². The van der Waals surface area contributed by atoms with Crippen molar-refractivity contribution in [2.24, 2.45) is 5.92 Å². The summed E-state index contributed by atoms with van der Waals surface area (Å²) in [4.78, 5) is 21.5. The third kappa shape index (κ3) is 7.00. The molecule has 6 heteroatoms. The first-order chi connectivity index (χ1) is 12.6. The molecule has 0 saturated heterocycles. The normalized spacial score (nSPS) is 16.6. The van der Waals surface area contributed by atoms with Gasteiger partial charge in [-0.2, -0.15) is 0 Å². The van der Waals surface area contributed by atoms with Gasteiger partial charge in [-0.25, -0.2) is 9.59 Å². The van der Waals surface area contributed by atoms with Gasteiger partial charge in [0.05, 0.1) is 0 Å². The minimum Gasteiger partial charge on any atom is -0.478 e. The first-order valence-corrected chi connectivity index (χ1v) is 9.52. The number of hydrogen-bond donors (Lipinski definition) is 2. The zero-order chi connectivity index (χ0) is 20.6. The van der Waals surface area contributed by atoms with Gasteiger partial charge in [0.25, 0.3) is 0 Å². The molecule has 1 aromatic rings. The van der Waals surface area contributed by atoms with Crippen LogP contribution in [0.3, 0.4) is 0 Å². The van der Waals surface area contributed by atoms with Crippen molar-refractivity contribution in [2.45, 2.75) is 51.0 Å². The van der Waals surface area contributed by atoms with Gasteiger partial charge in [-0.05, 0) is 57.0 Å². The summed E-state index contributed by atoms with van der Waals surface area (Å²) in [6.07, 6.45) is 6.35. The Morgan fingerprint density at radius 2 is 1.59 bits per heavy atom. The summed E-state index contributed by atoms with van der Waals surface area (Å²) in [7, 11) is 4.45. The lowest BCUT2D eigenvalue weighted by molar-refractivity contribution is -0.134. The maximum atomic E-state index is 9.55. The summed E-state index contributed by atoms with van der Waals surface area (Å²) in [6.45, 7) is 4.65. The van der Waals surface area contributed by atoms with Gasteiger partial charge < -0.3 is 15.1 Å². The molecule has 1 aliphatic rings. The van der Waals surface area contributed by atoms with Crippen molar-refractivity contribution in [3.63, 3.8) is 0 Å². The molecule has 5 nitrogen and oxygen atoms in total. The van der Waals surface area contributed by atoms with Crippen LogP contribution in [0.25, 0.3) is 0 Å². The molecule has 0 aromatic heterocycles. The SMILES string of the molecule is CC(C)CC(N(C)C)C1(c2ccc(Cl)cc2)CCC1.O=C(O)/C=C\C(=O)O. The van der Waals surface area contributed by atoms with Crippen LogP contribution in [0, 0.1) is 5.92 Å². The van der Waals surface area contributed by atoms with Crippen molar-refractivity contribution in [1.82, 2.24) is 4.90 Å². The van der Waals surface area contributed by atoms with E-state index < -0.39 is 11.9 Å². The van der Waals surface area contributed by atoms with E-state index in [0.29, 0.717) is 23.6 Å². The number of carboxylic acid groups (broad SMARTS) is 2. The number of carbonyl (C=O) groups is 2. The molecule has 2 rings (SSSR count). The molecule has 1 unspecified atom stereocenters. The minimum atomic E-state index is -1.26. The standard InChI is InChI=1S/C17H26ClN.C4H4O4/c1-13(2)12-16(19(3)4)17(10-5-11-17)14-6-8-15(18)9-7-14;5-3(6)1-2-4(7)8/h6-9,13,16H,5,10-12H2,1-4H3;1-2H,(H,5,6)(H,7,8)/b;2-1-. The van der Waals surface area contributed by atoms with Gasteiger partial charge in [0.2, 0.25) is 0 Å². The first kappa shape index (κ1) is 23.2. The molecule has 0 spiro atoms. The van der Waals surface area contributed by atoms with E-state index in [1.54, 1.807) is 0 Å². The van der Waals surface area contributed by atoms with E-state index in [1.807, 2.05) is 12.1 Å². The van der Waals surface area contributed by atoms with Crippen molar-refractivity contribution in [3.05, 3.63) is 47.0 Å². The fourth-order valence-electron chi connectivity index (χ4n) is 3.67. The average Bonchev–Trinajstić information content (AvgIpc) is 2.53. The number of benzene rings is 1. The Morgan fingerprint density at radius 3 is 1.89 bits per heavy atom. The molecule has 0 radical (unpaired) electrons. The molecule has 0 heterocycles. The summed E-state index contributed by atoms with van der Waals surface area (Å²) in [5.41, 5.74) is 1.82. The van der Waals surface area contributed by atoms with Crippen LogP contribution in [0.2, 0.25) is 5.02 Å². The number of aliphatic carboxylic acids is 2. The van der Waals surface area contributed by atoms with E-state index in [0.717, 1.165) is 10.9 Å². The molecule has 0 amide bonds. The van der Waals surface area contributed by atoms with Crippen molar-refractivity contribution in [2.75, 3.05) is 14.1 Å². The predicted octanol–water partition coefficient (Wildman–Crippen LogP) is 4.45. The molecule has 1 fully saturated rings. The lowest BCUT2D eigenvalue weighted by Crippen LogP contribution is -2.52. The van der Waals surface area contributed by atoms with Crippen molar-refractivity contribution >= 4 is 23.5 Å². The quantitative estimate of drug-likeness (QED) is 0.667. The number of nitrogens with zero attached hydrogens (tertiary/aromatic N) is 1. The molecule has 1 aliphatic carbocycles. The van der Waals surface area contributed by atoms with E-state index in [4.69, 9.17) is 21.8 Å². The van der Waals surface area contributed by atoms with Crippen LogP contribution in [0.1, 0.15) is 45.1 Å². The van der Waals surface area contributed by atoms with Crippen LogP contribution in [0.15, 0.2) is 36.4 Å². The van der Waals surface area contributed by atoms with Gasteiger partial charge in [-0.3, -0.25) is 0 Å². The summed E-state index contributed by atoms with van der Waals surface area (Å²) in [5.74, 6) is -1.78. The highest BCUT2D eigenvalue weighted by molar-refractivity contribution is 6.30. The third-order valence-electron chi connectivity index (χ3n) is 4.99. The monoisotopic (exact) mass is 395 g/mol. The summed E-state index contributed by atoms with van der Waals surface area (Å²) >= 11 is 6.04. The van der Waals surface area contributed by atoms with Crippen molar-refractivity contribution < 1.29 is 19.8 Å². The van der Waals surface area contributed by atoms with E-state index in [2.05, 4.69) is 45.0 Å². The highest BCUT2D eigenvalue weighted by atomic mass is 35.5. The Bertz CT molecular complexity index is 633. The Kier molecular flexibility index (Phi) is 9.00. The third-order valence-corrected chi connectivity index (χ3v) is 5.24. The number of rotatable bonds is 7. The fourth-order valence-corrected chi connectivity index (χ4v) is 3.80. The summed E-state index contributed by atoms with van der Waals surface area (Å²) in [6, 6.07) is 9.18. The van der Waals surface area contributed by atoms with Gasteiger partial charge in [-0.1, -0.05) is 44.0 Å². The molecule has 1 saturated carbocycles. The van der Waals surface area contributed by atoms with Gasteiger partial charge in [-0.15, -0.1) is 0 Å². The van der Waals surface area contributed by atoms with Gasteiger partial charge in [0, 0.05) is 28.6 Å². The molecule has 0 aliphatic heterocycles. The van der Waals surface area contributed by atoms with E-state index in [1.165, 1.54) is 31.2 Å². The molecular weight excluding hydrogens is 366 g/mol. The zero-order valence-corrected chi connectivity index (χ0v) is 17.2. The number of hydrogen-bond acceptors (Lipinski definition) is 3. The van der Waals surface area contributed by atoms with Gasteiger partial charge in [0.15, 0.2) is 0 Å². The number of halogens is 1. The lowest BCUT2D eigenvalue weighted by Gasteiger charge is -2.51. The zero-order valence-electron chi connectivity index (χ0n) is 16.5. The maximum Gasteiger partial charge on any atom is 0.328 e. The summed E-state index contributed by atoms with van der Waals surface area (Å²) < 4.78 is 0. The van der Waals surface area contributed by atoms with E-state index in [9.17, 15) is 9.59 Å². The van der Waals surface area contributed by atoms with Crippen LogP contribution in [0.4, 0.5) is 0 Å². The van der Waals surface area contributed by atoms with Crippen LogP contribution < -0.4 is 0 Å². The van der Waals surface area contributed by atoms with Crippen LogP contribution in [0.5, 0.6) is 0 Å². The molecular formula is C21H30ClNO4. The smallest absolute Gasteiger partial charge is 0.328 e. The average molecular weight is 396 g/mol. The van der Waals surface area contributed by atoms with Gasteiger partial charge in [0.1, 0.15) is 0 Å². The maximum absolute atomic E-state index is 9.55. The van der Waals surface area contributed by atoms with Crippen LogP contribution in [-0.2, 0) is 15.0 Å². The number of carboxylic acids is 2. The Labute approximate surface area is 166 Å². The predicted molar refractivity (Wildman–Crippen MR) is 108 cm³/mol. The minimum absolute atomic E-state index is 0.346. The second kappa shape index (κ2) is 10.5. The van der Waals surface area contributed by atoms with E-state index in [-0.39, 0.29) is 0 Å². The van der Waals surface area contributed by atoms with Crippen molar-refractivity contribution in [3.8, 4) is 0 Å². The molecule has 1 atom stereocenters. The highest BCUT2D eigenvalue weighted by Gasteiger charge is 2.46.